The third-order valence-electron chi connectivity index (χ3n) is 3.03. The number of amidine groups is 1. The van der Waals surface area contributed by atoms with Gasteiger partial charge in [0.2, 0.25) is 0 Å². The molecule has 2 aromatic heterocycles. The van der Waals surface area contributed by atoms with E-state index in [0.717, 1.165) is 5.69 Å². The molecule has 1 aromatic carbocycles. The molecule has 0 saturated heterocycles. The van der Waals surface area contributed by atoms with Gasteiger partial charge in [-0.3, -0.25) is 10.1 Å². The number of thiazole rings is 1. The average molecular weight is 374 g/mol. The summed E-state index contributed by atoms with van der Waals surface area (Å²) in [5, 5.41) is 13.6. The molecule has 0 saturated carbocycles. The predicted octanol–water partition coefficient (Wildman–Crippen LogP) is 3.32. The van der Waals surface area contributed by atoms with Gasteiger partial charge in [-0.2, -0.15) is 5.10 Å². The van der Waals surface area contributed by atoms with Crippen molar-refractivity contribution in [2.24, 2.45) is 5.73 Å². The van der Waals surface area contributed by atoms with E-state index in [1.807, 2.05) is 5.38 Å². The second-order valence-electron chi connectivity index (χ2n) is 4.45. The molecule has 0 aliphatic carbocycles. The lowest BCUT2D eigenvalue weighted by atomic mass is 10.2. The molecule has 3 rings (SSSR count). The van der Waals surface area contributed by atoms with Crippen molar-refractivity contribution in [2.45, 2.75) is 6.54 Å². The molecule has 2 heterocycles. The highest BCUT2D eigenvalue weighted by Crippen LogP contribution is 2.22. The minimum atomic E-state index is -0.290. The quantitative estimate of drug-likeness (QED) is 0.543. The largest absolute Gasteiger partial charge is 0.382 e. The van der Waals surface area contributed by atoms with Gasteiger partial charge in [-0.25, -0.2) is 9.37 Å². The lowest BCUT2D eigenvalue weighted by Gasteiger charge is -2.06. The zero-order valence-corrected chi connectivity index (χ0v) is 14.2. The van der Waals surface area contributed by atoms with Gasteiger partial charge < -0.3 is 5.73 Å². The summed E-state index contributed by atoms with van der Waals surface area (Å²) in [5.41, 5.74) is 9.52. The highest BCUT2D eigenvalue weighted by molar-refractivity contribution is 7.07. The Morgan fingerprint density at radius 1 is 1.30 bits per heavy atom. The molecule has 0 aliphatic heterocycles. The van der Waals surface area contributed by atoms with Gasteiger partial charge in [0.05, 0.1) is 23.4 Å². The highest BCUT2D eigenvalue weighted by Gasteiger charge is 2.14. The number of nitrogens with two attached hydrogens (primary N) is 1. The molecule has 0 aliphatic rings. The van der Waals surface area contributed by atoms with Crippen molar-refractivity contribution < 1.29 is 4.39 Å². The van der Waals surface area contributed by atoms with Crippen LogP contribution < -0.4 is 5.73 Å². The topological polar surface area (TPSA) is 80.6 Å². The first-order valence-corrected chi connectivity index (χ1v) is 7.13. The molecule has 9 heteroatoms. The summed E-state index contributed by atoms with van der Waals surface area (Å²) in [7, 11) is 0. The van der Waals surface area contributed by atoms with Crippen LogP contribution in [0.5, 0.6) is 0 Å². The van der Waals surface area contributed by atoms with Gasteiger partial charge in [0.25, 0.3) is 0 Å². The molecule has 3 aromatic rings. The molecule has 5 nitrogen and oxygen atoms in total. The van der Waals surface area contributed by atoms with Gasteiger partial charge in [0.15, 0.2) is 0 Å². The van der Waals surface area contributed by atoms with E-state index >= 15 is 0 Å². The molecule has 0 atom stereocenters. The van der Waals surface area contributed by atoms with Crippen LogP contribution in [0.15, 0.2) is 41.2 Å². The Morgan fingerprint density at radius 3 is 2.65 bits per heavy atom. The van der Waals surface area contributed by atoms with E-state index in [9.17, 15) is 4.39 Å². The van der Waals surface area contributed by atoms with Crippen molar-refractivity contribution in [3.05, 3.63) is 58.3 Å². The number of halogens is 3. The maximum absolute atomic E-state index is 13.8. The SMILES string of the molecule is Cl.Cl.N=C(N)c1cc(-c2cscn2)n(Cc2ccccc2F)n1. The molecule has 122 valence electrons. The second-order valence-corrected chi connectivity index (χ2v) is 5.17. The Labute approximate surface area is 148 Å². The van der Waals surface area contributed by atoms with Crippen LogP contribution >= 0.6 is 36.2 Å². The molecule has 0 bridgehead atoms. The van der Waals surface area contributed by atoms with Gasteiger partial charge in [-0.1, -0.05) is 18.2 Å². The van der Waals surface area contributed by atoms with Crippen molar-refractivity contribution in [2.75, 3.05) is 0 Å². The molecule has 3 N–H and O–H groups in total. The zero-order chi connectivity index (χ0) is 14.8. The summed E-state index contributed by atoms with van der Waals surface area (Å²) >= 11 is 1.46. The first kappa shape index (κ1) is 19.1. The van der Waals surface area contributed by atoms with Crippen LogP contribution in [0.25, 0.3) is 11.4 Å². The third kappa shape index (κ3) is 4.07. The molecule has 0 spiro atoms. The van der Waals surface area contributed by atoms with Crippen molar-refractivity contribution in [3.8, 4) is 11.4 Å². The van der Waals surface area contributed by atoms with Crippen LogP contribution in [0.2, 0.25) is 0 Å². The first-order chi connectivity index (χ1) is 10.1. The minimum absolute atomic E-state index is 0. The standard InChI is InChI=1S/C14H12FN5S.2ClH/c15-10-4-2-1-3-9(10)6-20-13(12-7-21-8-18-12)5-11(19-20)14(16)17;;/h1-5,7-8H,6H2,(H3,16,17);2*1H. The summed E-state index contributed by atoms with van der Waals surface area (Å²) in [6, 6.07) is 8.22. The molecule has 0 radical (unpaired) electrons. The Morgan fingerprint density at radius 2 is 2.04 bits per heavy atom. The van der Waals surface area contributed by atoms with E-state index < -0.39 is 0 Å². The summed E-state index contributed by atoms with van der Waals surface area (Å²) in [5.74, 6) is -0.416. The molecule has 0 amide bonds. The van der Waals surface area contributed by atoms with Crippen molar-refractivity contribution in [3.63, 3.8) is 0 Å². The zero-order valence-electron chi connectivity index (χ0n) is 11.8. The number of aromatic nitrogens is 3. The van der Waals surface area contributed by atoms with E-state index in [1.165, 1.54) is 17.4 Å². The summed E-state index contributed by atoms with van der Waals surface area (Å²) in [6.07, 6.45) is 0. The Balaban J connectivity index is 0.00000132. The molecular weight excluding hydrogens is 360 g/mol. The van der Waals surface area contributed by atoms with Crippen LogP contribution in [0.3, 0.4) is 0 Å². The Hall–Kier alpha value is -1.96. The van der Waals surface area contributed by atoms with Gasteiger partial charge in [-0.05, 0) is 12.1 Å². The van der Waals surface area contributed by atoms with E-state index in [1.54, 1.807) is 34.5 Å². The van der Waals surface area contributed by atoms with Crippen molar-refractivity contribution in [1.29, 1.82) is 5.41 Å². The minimum Gasteiger partial charge on any atom is -0.382 e. The third-order valence-corrected chi connectivity index (χ3v) is 3.62. The molecule has 23 heavy (non-hydrogen) atoms. The Bertz CT molecular complexity index is 788. The van der Waals surface area contributed by atoms with Crippen molar-refractivity contribution in [1.82, 2.24) is 14.8 Å². The van der Waals surface area contributed by atoms with Gasteiger partial charge in [-0.15, -0.1) is 36.2 Å². The van der Waals surface area contributed by atoms with Crippen LogP contribution in [-0.4, -0.2) is 20.6 Å². The normalized spacial score (nSPS) is 9.78. The van der Waals surface area contributed by atoms with Crippen molar-refractivity contribution >= 4 is 42.0 Å². The highest BCUT2D eigenvalue weighted by atomic mass is 35.5. The smallest absolute Gasteiger partial charge is 0.143 e. The van der Waals surface area contributed by atoms with E-state index in [-0.39, 0.29) is 43.0 Å². The lowest BCUT2D eigenvalue weighted by molar-refractivity contribution is 0.586. The van der Waals surface area contributed by atoms with E-state index in [4.69, 9.17) is 11.1 Å². The molecule has 0 unspecified atom stereocenters. The molecular formula is C14H14Cl2FN5S. The van der Waals surface area contributed by atoms with E-state index in [0.29, 0.717) is 17.0 Å². The lowest BCUT2D eigenvalue weighted by Crippen LogP contribution is -2.13. The maximum atomic E-state index is 13.8. The maximum Gasteiger partial charge on any atom is 0.143 e. The number of benzene rings is 1. The second kappa shape index (κ2) is 8.05. The first-order valence-electron chi connectivity index (χ1n) is 6.19. The number of rotatable bonds is 4. The number of hydrogen-bond acceptors (Lipinski definition) is 4. The van der Waals surface area contributed by atoms with Gasteiger partial charge in [0, 0.05) is 10.9 Å². The molecule has 0 fully saturated rings. The number of nitrogens with zero attached hydrogens (tertiary/aromatic N) is 3. The average Bonchev–Trinajstić information content (AvgIpc) is 3.10. The predicted molar refractivity (Wildman–Crippen MR) is 94.3 cm³/mol. The Kier molecular flexibility index (Phi) is 6.68. The van der Waals surface area contributed by atoms with Crippen LogP contribution in [0, 0.1) is 11.2 Å². The summed E-state index contributed by atoms with van der Waals surface area (Å²) in [6.45, 7) is 0.257. The fourth-order valence-corrected chi connectivity index (χ4v) is 2.55. The van der Waals surface area contributed by atoms with Gasteiger partial charge in [0.1, 0.15) is 17.3 Å². The van der Waals surface area contributed by atoms with Gasteiger partial charge >= 0.3 is 0 Å². The van der Waals surface area contributed by atoms with Crippen LogP contribution in [-0.2, 0) is 6.54 Å². The summed E-state index contributed by atoms with van der Waals surface area (Å²) in [4.78, 5) is 4.24. The number of nitrogen functional groups attached to an aromatic ring is 1. The summed E-state index contributed by atoms with van der Waals surface area (Å²) < 4.78 is 15.4. The number of hydrogen-bond donors (Lipinski definition) is 2. The monoisotopic (exact) mass is 373 g/mol. The fourth-order valence-electron chi connectivity index (χ4n) is 2.00. The van der Waals surface area contributed by atoms with Crippen LogP contribution in [0.4, 0.5) is 4.39 Å². The van der Waals surface area contributed by atoms with E-state index in [2.05, 4.69) is 10.1 Å². The fraction of sp³-hybridized carbons (Fsp3) is 0.0714. The van der Waals surface area contributed by atoms with Crippen LogP contribution in [0.1, 0.15) is 11.3 Å². The number of nitrogens with one attached hydrogen (secondary N) is 1.